The largest absolute Gasteiger partial charge is 0.315 e. The van der Waals surface area contributed by atoms with Crippen LogP contribution < -0.4 is 5.32 Å². The van der Waals surface area contributed by atoms with Crippen molar-refractivity contribution in [3.05, 3.63) is 0 Å². The van der Waals surface area contributed by atoms with Gasteiger partial charge in [-0.2, -0.15) is 0 Å². The lowest BCUT2D eigenvalue weighted by molar-refractivity contribution is 0.127. The molecular formula is C13H28N2. The highest BCUT2D eigenvalue weighted by Crippen LogP contribution is 2.27. The Balaban J connectivity index is 2.60. The van der Waals surface area contributed by atoms with Crippen LogP contribution in [0.1, 0.15) is 47.0 Å². The van der Waals surface area contributed by atoms with E-state index in [1.54, 1.807) is 0 Å². The zero-order chi connectivity index (χ0) is 11.4. The van der Waals surface area contributed by atoms with Crippen molar-refractivity contribution in [1.29, 1.82) is 0 Å². The van der Waals surface area contributed by atoms with Crippen molar-refractivity contribution in [2.24, 2.45) is 5.92 Å². The number of hydrogen-bond acceptors (Lipinski definition) is 2. The number of hydrogen-bond donors (Lipinski definition) is 1. The summed E-state index contributed by atoms with van der Waals surface area (Å²) in [6.07, 6.45) is 3.99. The summed E-state index contributed by atoms with van der Waals surface area (Å²) in [7, 11) is 2.09. The molecule has 2 heteroatoms. The van der Waals surface area contributed by atoms with Crippen LogP contribution in [0.25, 0.3) is 0 Å². The quantitative estimate of drug-likeness (QED) is 0.753. The minimum absolute atomic E-state index is 0.643. The van der Waals surface area contributed by atoms with Crippen LogP contribution in [0, 0.1) is 5.92 Å². The molecular weight excluding hydrogens is 184 g/mol. The van der Waals surface area contributed by atoms with Gasteiger partial charge >= 0.3 is 0 Å². The third kappa shape index (κ3) is 2.94. The first kappa shape index (κ1) is 13.0. The van der Waals surface area contributed by atoms with Gasteiger partial charge in [0.1, 0.15) is 0 Å². The Hall–Kier alpha value is -0.0800. The van der Waals surface area contributed by atoms with Crippen molar-refractivity contribution in [2.45, 2.75) is 65.1 Å². The van der Waals surface area contributed by atoms with Gasteiger partial charge in [0.25, 0.3) is 0 Å². The van der Waals surface area contributed by atoms with Crippen LogP contribution in [0.15, 0.2) is 0 Å². The van der Waals surface area contributed by atoms with E-state index in [0.29, 0.717) is 12.1 Å². The minimum atomic E-state index is 0.643. The second-order valence-electron chi connectivity index (χ2n) is 5.24. The monoisotopic (exact) mass is 212 g/mol. The highest BCUT2D eigenvalue weighted by Gasteiger charge is 2.32. The van der Waals surface area contributed by atoms with Crippen molar-refractivity contribution in [3.63, 3.8) is 0 Å². The molecule has 0 aromatic carbocycles. The molecule has 1 rings (SSSR count). The van der Waals surface area contributed by atoms with E-state index >= 15 is 0 Å². The second-order valence-corrected chi connectivity index (χ2v) is 5.24. The maximum absolute atomic E-state index is 3.45. The summed E-state index contributed by atoms with van der Waals surface area (Å²) in [6, 6.07) is 2.13. The third-order valence-electron chi connectivity index (χ3n) is 4.03. The fraction of sp³-hybridized carbons (Fsp3) is 1.00. The van der Waals surface area contributed by atoms with Crippen LogP contribution in [0.4, 0.5) is 0 Å². The summed E-state index contributed by atoms with van der Waals surface area (Å²) < 4.78 is 0. The number of likely N-dealkylation sites (N-methyl/N-ethyl adjacent to an activating group) is 1. The standard InChI is InChI=1S/C13H28N2/c1-6-12(14-5)11(4)15-9-7-8-13(15)10(2)3/h10-14H,6-9H2,1-5H3. The topological polar surface area (TPSA) is 15.3 Å². The molecule has 1 N–H and O–H groups in total. The number of rotatable bonds is 5. The smallest absolute Gasteiger partial charge is 0.0223 e. The van der Waals surface area contributed by atoms with Crippen molar-refractivity contribution >= 4 is 0 Å². The zero-order valence-electron chi connectivity index (χ0n) is 11.1. The molecule has 90 valence electrons. The first-order valence-corrected chi connectivity index (χ1v) is 6.54. The van der Waals surface area contributed by atoms with Crippen LogP contribution in [-0.2, 0) is 0 Å². The summed E-state index contributed by atoms with van der Waals surface area (Å²) in [5, 5.41) is 3.45. The van der Waals surface area contributed by atoms with Gasteiger partial charge in [-0.3, -0.25) is 4.90 Å². The fourth-order valence-electron chi connectivity index (χ4n) is 3.05. The molecule has 1 heterocycles. The van der Waals surface area contributed by atoms with Gasteiger partial charge in [-0.1, -0.05) is 20.8 Å². The van der Waals surface area contributed by atoms with Crippen molar-refractivity contribution < 1.29 is 0 Å². The molecule has 1 aliphatic heterocycles. The van der Waals surface area contributed by atoms with E-state index in [9.17, 15) is 0 Å². The molecule has 15 heavy (non-hydrogen) atoms. The van der Waals surface area contributed by atoms with E-state index in [0.717, 1.165) is 12.0 Å². The third-order valence-corrected chi connectivity index (χ3v) is 4.03. The zero-order valence-corrected chi connectivity index (χ0v) is 11.1. The van der Waals surface area contributed by atoms with Gasteiger partial charge in [0.2, 0.25) is 0 Å². The van der Waals surface area contributed by atoms with E-state index in [1.807, 2.05) is 0 Å². The molecule has 0 radical (unpaired) electrons. The molecule has 3 atom stereocenters. The molecule has 0 aliphatic carbocycles. The summed E-state index contributed by atoms with van der Waals surface area (Å²) in [4.78, 5) is 2.72. The lowest BCUT2D eigenvalue weighted by atomic mass is 9.98. The highest BCUT2D eigenvalue weighted by atomic mass is 15.2. The Bertz CT molecular complexity index is 175. The molecule has 1 saturated heterocycles. The van der Waals surface area contributed by atoms with Gasteiger partial charge in [-0.25, -0.2) is 0 Å². The van der Waals surface area contributed by atoms with Crippen LogP contribution in [0.2, 0.25) is 0 Å². The summed E-state index contributed by atoms with van der Waals surface area (Å²) in [5.74, 6) is 0.796. The Morgan fingerprint density at radius 2 is 2.00 bits per heavy atom. The van der Waals surface area contributed by atoms with Crippen molar-refractivity contribution in [1.82, 2.24) is 10.2 Å². The van der Waals surface area contributed by atoms with Gasteiger partial charge in [0.15, 0.2) is 0 Å². The molecule has 0 aromatic rings. The van der Waals surface area contributed by atoms with Gasteiger partial charge in [0, 0.05) is 18.1 Å². The summed E-state index contributed by atoms with van der Waals surface area (Å²) in [6.45, 7) is 10.7. The molecule has 3 unspecified atom stereocenters. The SMILES string of the molecule is CCC(NC)C(C)N1CCCC1C(C)C. The van der Waals surface area contributed by atoms with Gasteiger partial charge in [-0.15, -0.1) is 0 Å². The van der Waals surface area contributed by atoms with Crippen molar-refractivity contribution in [2.75, 3.05) is 13.6 Å². The Morgan fingerprint density at radius 3 is 2.47 bits per heavy atom. The van der Waals surface area contributed by atoms with Gasteiger partial charge < -0.3 is 5.32 Å². The first-order valence-electron chi connectivity index (χ1n) is 6.54. The van der Waals surface area contributed by atoms with Crippen molar-refractivity contribution in [3.8, 4) is 0 Å². The fourth-order valence-corrected chi connectivity index (χ4v) is 3.05. The predicted octanol–water partition coefficient (Wildman–Crippen LogP) is 2.49. The molecule has 0 bridgehead atoms. The van der Waals surface area contributed by atoms with E-state index in [1.165, 1.54) is 25.8 Å². The van der Waals surface area contributed by atoms with Gasteiger partial charge in [-0.05, 0) is 45.7 Å². The van der Waals surface area contributed by atoms with Crippen LogP contribution in [0.5, 0.6) is 0 Å². The number of nitrogens with one attached hydrogen (secondary N) is 1. The Kier molecular flexibility index (Phi) is 5.07. The highest BCUT2D eigenvalue weighted by molar-refractivity contribution is 4.89. The van der Waals surface area contributed by atoms with Crippen LogP contribution >= 0.6 is 0 Å². The van der Waals surface area contributed by atoms with E-state index in [4.69, 9.17) is 0 Å². The molecule has 1 aliphatic rings. The summed E-state index contributed by atoms with van der Waals surface area (Å²) in [5.41, 5.74) is 0. The molecule has 0 saturated carbocycles. The molecule has 0 spiro atoms. The molecule has 0 aromatic heterocycles. The average molecular weight is 212 g/mol. The van der Waals surface area contributed by atoms with E-state index in [2.05, 4.69) is 45.0 Å². The lowest BCUT2D eigenvalue weighted by Crippen LogP contribution is -2.50. The van der Waals surface area contributed by atoms with Crippen LogP contribution in [0.3, 0.4) is 0 Å². The predicted molar refractivity (Wildman–Crippen MR) is 67.2 cm³/mol. The molecule has 2 nitrogen and oxygen atoms in total. The maximum atomic E-state index is 3.45. The first-order chi connectivity index (χ1) is 7.11. The maximum Gasteiger partial charge on any atom is 0.0223 e. The second kappa shape index (κ2) is 5.86. The Labute approximate surface area is 95.4 Å². The number of nitrogens with zero attached hydrogens (tertiary/aromatic N) is 1. The van der Waals surface area contributed by atoms with Gasteiger partial charge in [0.05, 0.1) is 0 Å². The summed E-state index contributed by atoms with van der Waals surface area (Å²) >= 11 is 0. The van der Waals surface area contributed by atoms with Crippen LogP contribution in [-0.4, -0.2) is 36.6 Å². The van der Waals surface area contributed by atoms with E-state index in [-0.39, 0.29) is 0 Å². The Morgan fingerprint density at radius 1 is 1.33 bits per heavy atom. The molecule has 0 amide bonds. The normalized spacial score (nSPS) is 27.2. The molecule has 1 fully saturated rings. The lowest BCUT2D eigenvalue weighted by Gasteiger charge is -2.37. The minimum Gasteiger partial charge on any atom is -0.315 e. The van der Waals surface area contributed by atoms with E-state index < -0.39 is 0 Å². The average Bonchev–Trinajstić information content (AvgIpc) is 2.67. The number of likely N-dealkylation sites (tertiary alicyclic amines) is 1.